The molecule has 1 fully saturated rings. The highest BCUT2D eigenvalue weighted by molar-refractivity contribution is 6.02. The second-order valence-corrected chi connectivity index (χ2v) is 7.24. The van der Waals surface area contributed by atoms with Crippen molar-refractivity contribution in [2.45, 2.75) is 19.0 Å². The predicted molar refractivity (Wildman–Crippen MR) is 105 cm³/mol. The van der Waals surface area contributed by atoms with Gasteiger partial charge in [0.2, 0.25) is 5.95 Å². The first-order chi connectivity index (χ1) is 14.4. The minimum absolute atomic E-state index is 0.307. The zero-order valence-electron chi connectivity index (χ0n) is 16.2. The standard InChI is InChI=1S/C21H21F3N4O2/c22-21(23,24)15-13-25-20(26-14-15)28-11-9-27(10-12-28)8-4-3-7-18-16-5-1-2-6-17(16)19(29)30-18/h1-2,5-7,13-14H,3-4,8-12H2. The number of piperazine rings is 1. The molecule has 30 heavy (non-hydrogen) atoms. The van der Waals surface area contributed by atoms with E-state index in [1.165, 1.54) is 0 Å². The first-order valence-corrected chi connectivity index (χ1v) is 9.80. The van der Waals surface area contributed by atoms with Crippen LogP contribution in [0.3, 0.4) is 0 Å². The van der Waals surface area contributed by atoms with Crippen LogP contribution in [0.15, 0.2) is 42.7 Å². The Labute approximate surface area is 172 Å². The highest BCUT2D eigenvalue weighted by Crippen LogP contribution is 2.30. The van der Waals surface area contributed by atoms with Crippen molar-refractivity contribution in [2.75, 3.05) is 37.6 Å². The van der Waals surface area contributed by atoms with Crippen molar-refractivity contribution in [2.24, 2.45) is 0 Å². The average molecular weight is 418 g/mol. The molecule has 0 spiro atoms. The molecule has 158 valence electrons. The molecule has 0 amide bonds. The molecule has 2 aliphatic rings. The number of carbonyl (C=O) groups is 1. The van der Waals surface area contributed by atoms with Crippen molar-refractivity contribution < 1.29 is 22.7 Å². The lowest BCUT2D eigenvalue weighted by Gasteiger charge is -2.34. The molecule has 4 rings (SSSR count). The van der Waals surface area contributed by atoms with Gasteiger partial charge in [-0.3, -0.25) is 4.90 Å². The average Bonchev–Trinajstić information content (AvgIpc) is 3.07. The molecule has 9 heteroatoms. The van der Waals surface area contributed by atoms with Crippen molar-refractivity contribution in [3.8, 4) is 0 Å². The van der Waals surface area contributed by atoms with Crippen molar-refractivity contribution in [3.05, 3.63) is 59.4 Å². The molecule has 0 unspecified atom stereocenters. The minimum Gasteiger partial charge on any atom is -0.423 e. The summed E-state index contributed by atoms with van der Waals surface area (Å²) in [5, 5.41) is 0. The Balaban J connectivity index is 1.23. The van der Waals surface area contributed by atoms with Crippen LogP contribution in [0.5, 0.6) is 0 Å². The normalized spacial score (nSPS) is 18.6. The van der Waals surface area contributed by atoms with Gasteiger partial charge in [0, 0.05) is 44.1 Å². The number of hydrogen-bond acceptors (Lipinski definition) is 6. The number of allylic oxidation sites excluding steroid dienone is 1. The van der Waals surface area contributed by atoms with E-state index >= 15 is 0 Å². The third kappa shape index (κ3) is 4.46. The Morgan fingerprint density at radius 1 is 1.03 bits per heavy atom. The summed E-state index contributed by atoms with van der Waals surface area (Å²) >= 11 is 0. The first-order valence-electron chi connectivity index (χ1n) is 9.80. The molecule has 6 nitrogen and oxygen atoms in total. The summed E-state index contributed by atoms with van der Waals surface area (Å²) in [4.78, 5) is 23.8. The Hall–Kier alpha value is -2.94. The Morgan fingerprint density at radius 2 is 1.70 bits per heavy atom. The van der Waals surface area contributed by atoms with Gasteiger partial charge in [0.1, 0.15) is 5.76 Å². The van der Waals surface area contributed by atoms with Crippen molar-refractivity contribution in [1.82, 2.24) is 14.9 Å². The second-order valence-electron chi connectivity index (χ2n) is 7.24. The Morgan fingerprint density at radius 3 is 2.37 bits per heavy atom. The molecule has 3 heterocycles. The van der Waals surface area contributed by atoms with Gasteiger partial charge < -0.3 is 9.64 Å². The number of hydrogen-bond donors (Lipinski definition) is 0. The number of fused-ring (bicyclic) bond motifs is 1. The zero-order valence-corrected chi connectivity index (χ0v) is 16.2. The summed E-state index contributed by atoms with van der Waals surface area (Å²) < 4.78 is 43.2. The molecule has 2 aliphatic heterocycles. The number of unbranched alkanes of at least 4 members (excludes halogenated alkanes) is 1. The number of halogens is 3. The van der Waals surface area contributed by atoms with Crippen LogP contribution >= 0.6 is 0 Å². The van der Waals surface area contributed by atoms with E-state index in [1.54, 1.807) is 6.07 Å². The lowest BCUT2D eigenvalue weighted by atomic mass is 10.1. The lowest BCUT2D eigenvalue weighted by Crippen LogP contribution is -2.47. The third-order valence-corrected chi connectivity index (χ3v) is 5.24. The largest absolute Gasteiger partial charge is 0.423 e. The summed E-state index contributed by atoms with van der Waals surface area (Å²) in [7, 11) is 0. The smallest absolute Gasteiger partial charge is 0.419 e. The van der Waals surface area contributed by atoms with E-state index in [9.17, 15) is 18.0 Å². The van der Waals surface area contributed by atoms with E-state index < -0.39 is 11.7 Å². The quantitative estimate of drug-likeness (QED) is 0.546. The molecule has 1 aromatic heterocycles. The fourth-order valence-electron chi connectivity index (χ4n) is 3.59. The van der Waals surface area contributed by atoms with E-state index in [4.69, 9.17) is 4.74 Å². The molecule has 0 aliphatic carbocycles. The molecule has 0 radical (unpaired) electrons. The fourth-order valence-corrected chi connectivity index (χ4v) is 3.59. The second kappa shape index (κ2) is 8.43. The van der Waals surface area contributed by atoms with Crippen LogP contribution in [0.4, 0.5) is 19.1 Å². The van der Waals surface area contributed by atoms with Gasteiger partial charge in [-0.15, -0.1) is 0 Å². The highest BCUT2D eigenvalue weighted by Gasteiger charge is 2.32. The van der Waals surface area contributed by atoms with Crippen LogP contribution < -0.4 is 4.90 Å². The number of anilines is 1. The number of carbonyl (C=O) groups excluding carboxylic acids is 1. The van der Waals surface area contributed by atoms with Gasteiger partial charge in [0.15, 0.2) is 0 Å². The topological polar surface area (TPSA) is 58.6 Å². The minimum atomic E-state index is -4.43. The molecule has 0 N–H and O–H groups in total. The number of nitrogens with zero attached hydrogens (tertiary/aromatic N) is 4. The fraction of sp³-hybridized carbons (Fsp3) is 0.381. The summed E-state index contributed by atoms with van der Waals surface area (Å²) in [6, 6.07) is 7.35. The maximum Gasteiger partial charge on any atom is 0.419 e. The van der Waals surface area contributed by atoms with E-state index in [2.05, 4.69) is 14.9 Å². The van der Waals surface area contributed by atoms with E-state index in [0.717, 1.165) is 50.4 Å². The lowest BCUT2D eigenvalue weighted by molar-refractivity contribution is -0.138. The number of alkyl halides is 3. The van der Waals surface area contributed by atoms with Gasteiger partial charge >= 0.3 is 12.1 Å². The van der Waals surface area contributed by atoms with Crippen LogP contribution in [0.2, 0.25) is 0 Å². The SMILES string of the molecule is O=C1OC(=CCCCN2CCN(c3ncc(C(F)(F)F)cn3)CC2)c2ccccc21. The van der Waals surface area contributed by atoms with Gasteiger partial charge in [0.05, 0.1) is 11.1 Å². The monoisotopic (exact) mass is 418 g/mol. The van der Waals surface area contributed by atoms with Crippen LogP contribution in [0.1, 0.15) is 34.3 Å². The zero-order chi connectivity index (χ0) is 21.1. The van der Waals surface area contributed by atoms with E-state index in [-0.39, 0.29) is 5.97 Å². The number of rotatable bonds is 5. The maximum atomic E-state index is 12.6. The van der Waals surface area contributed by atoms with Gasteiger partial charge in [-0.2, -0.15) is 13.2 Å². The third-order valence-electron chi connectivity index (χ3n) is 5.24. The molecule has 0 atom stereocenters. The van der Waals surface area contributed by atoms with Gasteiger partial charge in [-0.05, 0) is 31.5 Å². The first kappa shape index (κ1) is 20.3. The number of ether oxygens (including phenoxy) is 1. The van der Waals surface area contributed by atoms with Crippen LogP contribution in [-0.2, 0) is 10.9 Å². The number of cyclic esters (lactones) is 1. The van der Waals surface area contributed by atoms with Crippen molar-refractivity contribution in [1.29, 1.82) is 0 Å². The number of esters is 1. The molecular formula is C21H21F3N4O2. The molecule has 0 bridgehead atoms. The number of benzene rings is 1. The molecule has 1 saturated heterocycles. The van der Waals surface area contributed by atoms with Crippen molar-refractivity contribution >= 4 is 17.7 Å². The van der Waals surface area contributed by atoms with Gasteiger partial charge in [0.25, 0.3) is 0 Å². The Bertz CT molecular complexity index is 936. The predicted octanol–water partition coefficient (Wildman–Crippen LogP) is 3.61. The molecule has 0 saturated carbocycles. The highest BCUT2D eigenvalue weighted by atomic mass is 19.4. The van der Waals surface area contributed by atoms with Crippen molar-refractivity contribution in [3.63, 3.8) is 0 Å². The summed E-state index contributed by atoms with van der Waals surface area (Å²) in [5.41, 5.74) is 0.604. The Kier molecular flexibility index (Phi) is 5.72. The molecule has 2 aromatic rings. The van der Waals surface area contributed by atoms with Gasteiger partial charge in [-0.1, -0.05) is 18.2 Å². The summed E-state index contributed by atoms with van der Waals surface area (Å²) in [6.07, 6.45) is 0.896. The van der Waals surface area contributed by atoms with E-state index in [1.807, 2.05) is 29.2 Å². The summed E-state index contributed by atoms with van der Waals surface area (Å²) in [6.45, 7) is 3.80. The van der Waals surface area contributed by atoms with Crippen LogP contribution in [0, 0.1) is 0 Å². The number of aromatic nitrogens is 2. The maximum absolute atomic E-state index is 12.6. The van der Waals surface area contributed by atoms with Crippen LogP contribution in [0.25, 0.3) is 5.76 Å². The molecule has 1 aromatic carbocycles. The van der Waals surface area contributed by atoms with Gasteiger partial charge in [-0.25, -0.2) is 14.8 Å². The van der Waals surface area contributed by atoms with Crippen LogP contribution in [-0.4, -0.2) is 53.6 Å². The van der Waals surface area contributed by atoms with E-state index in [0.29, 0.717) is 30.4 Å². The molecular weight excluding hydrogens is 397 g/mol. The summed E-state index contributed by atoms with van der Waals surface area (Å²) in [5.74, 6) is 0.646.